The lowest BCUT2D eigenvalue weighted by Gasteiger charge is -2.19. The summed E-state index contributed by atoms with van der Waals surface area (Å²) < 4.78 is 11.1. The van der Waals surface area contributed by atoms with E-state index in [1.165, 1.54) is 18.4 Å². The maximum Gasteiger partial charge on any atom is 0.179 e. The molecule has 1 aromatic carbocycles. The molecule has 3 nitrogen and oxygen atoms in total. The van der Waals surface area contributed by atoms with Gasteiger partial charge in [0.1, 0.15) is 13.2 Å². The van der Waals surface area contributed by atoms with Gasteiger partial charge in [-0.05, 0) is 37.5 Å². The normalized spacial score (nSPS) is 18.5. The lowest BCUT2D eigenvalue weighted by molar-refractivity contribution is 0.171. The first-order valence-corrected chi connectivity index (χ1v) is 7.10. The van der Waals surface area contributed by atoms with Gasteiger partial charge in [0, 0.05) is 12.6 Å². The van der Waals surface area contributed by atoms with E-state index in [2.05, 4.69) is 18.3 Å². The molecule has 0 atom stereocenters. The van der Waals surface area contributed by atoms with Gasteiger partial charge in [0.25, 0.3) is 0 Å². The van der Waals surface area contributed by atoms with Crippen LogP contribution in [0.25, 0.3) is 6.08 Å². The zero-order valence-corrected chi connectivity index (χ0v) is 11.8. The molecule has 0 spiro atoms. The monoisotopic (exact) mass is 279 g/mol. The lowest BCUT2D eigenvalue weighted by atomic mass is 10.1. The van der Waals surface area contributed by atoms with E-state index in [1.807, 2.05) is 12.1 Å². The molecule has 3 rings (SSSR count). The Balaban J connectivity index is 1.76. The summed E-state index contributed by atoms with van der Waals surface area (Å²) in [6, 6.07) is 4.64. The van der Waals surface area contributed by atoms with Gasteiger partial charge in [0.15, 0.2) is 11.5 Å². The molecule has 0 unspecified atom stereocenters. The number of ether oxygens (including phenoxy) is 2. The standard InChI is InChI=1S/C15H18ClNO2/c1-10(9-17-12-2-3-12)6-11-7-13(16)15-14(8-11)18-4-5-19-15/h6-8,12,17H,2-5,9H2,1H3. The van der Waals surface area contributed by atoms with Crippen molar-refractivity contribution in [1.29, 1.82) is 0 Å². The Bertz CT molecular complexity index is 509. The van der Waals surface area contributed by atoms with Crippen LogP contribution in [-0.4, -0.2) is 25.8 Å². The molecule has 1 heterocycles. The smallest absolute Gasteiger partial charge is 0.179 e. The third-order valence-corrected chi connectivity index (χ3v) is 3.56. The molecule has 1 aliphatic heterocycles. The highest BCUT2D eigenvalue weighted by Crippen LogP contribution is 2.38. The molecule has 1 aliphatic carbocycles. The van der Waals surface area contributed by atoms with Crippen LogP contribution in [0.3, 0.4) is 0 Å². The first-order valence-electron chi connectivity index (χ1n) is 6.72. The number of fused-ring (bicyclic) bond motifs is 1. The Labute approximate surface area is 118 Å². The molecule has 19 heavy (non-hydrogen) atoms. The van der Waals surface area contributed by atoms with Crippen LogP contribution in [0, 0.1) is 0 Å². The number of benzene rings is 1. The van der Waals surface area contributed by atoms with Crippen molar-refractivity contribution in [2.45, 2.75) is 25.8 Å². The fourth-order valence-corrected chi connectivity index (χ4v) is 2.42. The molecule has 1 saturated carbocycles. The second kappa shape index (κ2) is 5.43. The molecule has 0 saturated heterocycles. The largest absolute Gasteiger partial charge is 0.486 e. The highest BCUT2D eigenvalue weighted by atomic mass is 35.5. The molecular formula is C15H18ClNO2. The van der Waals surface area contributed by atoms with Crippen LogP contribution < -0.4 is 14.8 Å². The van der Waals surface area contributed by atoms with Crippen LogP contribution in [0.5, 0.6) is 11.5 Å². The first-order chi connectivity index (χ1) is 9.22. The lowest BCUT2D eigenvalue weighted by Crippen LogP contribution is -2.18. The van der Waals surface area contributed by atoms with Gasteiger partial charge in [-0.3, -0.25) is 0 Å². The van der Waals surface area contributed by atoms with Gasteiger partial charge < -0.3 is 14.8 Å². The molecular weight excluding hydrogens is 262 g/mol. The third kappa shape index (κ3) is 3.23. The van der Waals surface area contributed by atoms with Gasteiger partial charge in [0.05, 0.1) is 5.02 Å². The molecule has 0 bridgehead atoms. The van der Waals surface area contributed by atoms with Gasteiger partial charge in [-0.2, -0.15) is 0 Å². The van der Waals surface area contributed by atoms with Crippen molar-refractivity contribution >= 4 is 17.7 Å². The fourth-order valence-electron chi connectivity index (χ4n) is 2.14. The Morgan fingerprint density at radius 3 is 2.95 bits per heavy atom. The average Bonchev–Trinajstić information content (AvgIpc) is 3.20. The second-order valence-corrected chi connectivity index (χ2v) is 5.58. The number of hydrogen-bond donors (Lipinski definition) is 1. The molecule has 0 amide bonds. The van der Waals surface area contributed by atoms with E-state index in [0.29, 0.717) is 24.0 Å². The molecule has 0 aromatic heterocycles. The van der Waals surface area contributed by atoms with Crippen LogP contribution in [-0.2, 0) is 0 Å². The van der Waals surface area contributed by atoms with Crippen molar-refractivity contribution in [3.05, 3.63) is 28.3 Å². The summed E-state index contributed by atoms with van der Waals surface area (Å²) in [5.74, 6) is 1.41. The highest BCUT2D eigenvalue weighted by molar-refractivity contribution is 6.32. The van der Waals surface area contributed by atoms with E-state index < -0.39 is 0 Å². The van der Waals surface area contributed by atoms with E-state index in [9.17, 15) is 0 Å². The van der Waals surface area contributed by atoms with Crippen molar-refractivity contribution in [3.63, 3.8) is 0 Å². The predicted molar refractivity (Wildman–Crippen MR) is 77.1 cm³/mol. The van der Waals surface area contributed by atoms with Crippen LogP contribution in [0.1, 0.15) is 25.3 Å². The van der Waals surface area contributed by atoms with E-state index in [4.69, 9.17) is 21.1 Å². The predicted octanol–water partition coefficient (Wildman–Crippen LogP) is 3.27. The number of nitrogens with one attached hydrogen (secondary N) is 1. The van der Waals surface area contributed by atoms with Crippen LogP contribution in [0.15, 0.2) is 17.7 Å². The summed E-state index contributed by atoms with van der Waals surface area (Å²) in [5.41, 5.74) is 2.35. The Kier molecular flexibility index (Phi) is 3.67. The highest BCUT2D eigenvalue weighted by Gasteiger charge is 2.20. The molecule has 1 N–H and O–H groups in total. The summed E-state index contributed by atoms with van der Waals surface area (Å²) in [5, 5.41) is 4.11. The van der Waals surface area contributed by atoms with E-state index in [1.54, 1.807) is 0 Å². The molecule has 1 fully saturated rings. The van der Waals surface area contributed by atoms with Crippen molar-refractivity contribution in [2.24, 2.45) is 0 Å². The van der Waals surface area contributed by atoms with E-state index in [0.717, 1.165) is 23.9 Å². The van der Waals surface area contributed by atoms with Gasteiger partial charge >= 0.3 is 0 Å². The van der Waals surface area contributed by atoms with Crippen LogP contribution in [0.4, 0.5) is 0 Å². The maximum absolute atomic E-state index is 6.22. The number of rotatable bonds is 4. The summed E-state index contributed by atoms with van der Waals surface area (Å²) in [6.07, 6.45) is 4.76. The topological polar surface area (TPSA) is 30.5 Å². The summed E-state index contributed by atoms with van der Waals surface area (Å²) in [7, 11) is 0. The molecule has 2 aliphatic rings. The Morgan fingerprint density at radius 1 is 1.37 bits per heavy atom. The molecule has 102 valence electrons. The minimum atomic E-state index is 0.562. The van der Waals surface area contributed by atoms with Crippen molar-refractivity contribution < 1.29 is 9.47 Å². The van der Waals surface area contributed by atoms with Gasteiger partial charge in [-0.1, -0.05) is 23.3 Å². The van der Waals surface area contributed by atoms with Crippen molar-refractivity contribution in [2.75, 3.05) is 19.8 Å². The summed E-state index contributed by atoms with van der Waals surface area (Å²) >= 11 is 6.22. The minimum Gasteiger partial charge on any atom is -0.486 e. The number of hydrogen-bond acceptors (Lipinski definition) is 3. The SMILES string of the molecule is CC(=Cc1cc(Cl)c2c(c1)OCCO2)CNC1CC1. The van der Waals surface area contributed by atoms with Crippen LogP contribution in [0.2, 0.25) is 5.02 Å². The van der Waals surface area contributed by atoms with Gasteiger partial charge in [-0.25, -0.2) is 0 Å². The quantitative estimate of drug-likeness (QED) is 0.918. The summed E-state index contributed by atoms with van der Waals surface area (Å²) in [6.45, 7) is 4.20. The molecule has 1 aromatic rings. The van der Waals surface area contributed by atoms with Gasteiger partial charge in [0.2, 0.25) is 0 Å². The molecule has 4 heteroatoms. The van der Waals surface area contributed by atoms with Crippen LogP contribution >= 0.6 is 11.6 Å². The third-order valence-electron chi connectivity index (χ3n) is 3.28. The summed E-state index contributed by atoms with van der Waals surface area (Å²) in [4.78, 5) is 0. The maximum atomic E-state index is 6.22. The molecule has 0 radical (unpaired) electrons. The van der Waals surface area contributed by atoms with E-state index in [-0.39, 0.29) is 0 Å². The minimum absolute atomic E-state index is 0.562. The Morgan fingerprint density at radius 2 is 2.16 bits per heavy atom. The van der Waals surface area contributed by atoms with Crippen molar-refractivity contribution in [3.8, 4) is 11.5 Å². The fraction of sp³-hybridized carbons (Fsp3) is 0.467. The average molecular weight is 280 g/mol. The second-order valence-electron chi connectivity index (χ2n) is 5.17. The van der Waals surface area contributed by atoms with Crippen molar-refractivity contribution in [1.82, 2.24) is 5.32 Å². The zero-order valence-electron chi connectivity index (χ0n) is 11.0. The Hall–Kier alpha value is -1.19. The van der Waals surface area contributed by atoms with E-state index >= 15 is 0 Å². The number of halogens is 1. The zero-order chi connectivity index (χ0) is 13.2. The van der Waals surface area contributed by atoms with Gasteiger partial charge in [-0.15, -0.1) is 0 Å². The first kappa shape index (κ1) is 12.8.